The molecule has 5 atom stereocenters. The number of ether oxygens (including phenoxy) is 3. The van der Waals surface area contributed by atoms with Crippen molar-refractivity contribution in [2.75, 3.05) is 6.61 Å². The predicted molar refractivity (Wildman–Crippen MR) is 129 cm³/mol. The Bertz CT molecular complexity index is 1170. The molecule has 1 saturated heterocycles. The molecule has 0 aliphatic carbocycles. The maximum atomic E-state index is 13.3. The maximum Gasteiger partial charge on any atom is 0.262 e. The van der Waals surface area contributed by atoms with Crippen molar-refractivity contribution in [3.05, 3.63) is 107 Å². The molecule has 0 radical (unpaired) electrons. The second-order valence-electron chi connectivity index (χ2n) is 8.79. The van der Waals surface area contributed by atoms with Crippen LogP contribution in [-0.2, 0) is 27.4 Å². The number of imide groups is 1. The molecular weight excluding hydrogens is 462 g/mol. The number of nitrogens with zero attached hydrogens (tertiary/aromatic N) is 1. The van der Waals surface area contributed by atoms with Gasteiger partial charge < -0.3 is 24.4 Å². The first-order chi connectivity index (χ1) is 17.6. The highest BCUT2D eigenvalue weighted by Gasteiger charge is 2.54. The van der Waals surface area contributed by atoms with Gasteiger partial charge in [0.25, 0.3) is 11.8 Å². The molecule has 2 amide bonds. The molecule has 8 heteroatoms. The molecule has 5 rings (SSSR count). The van der Waals surface area contributed by atoms with Crippen LogP contribution in [0.3, 0.4) is 0 Å². The highest BCUT2D eigenvalue weighted by atomic mass is 16.6. The topological polar surface area (TPSA) is 106 Å². The van der Waals surface area contributed by atoms with Crippen molar-refractivity contribution >= 4 is 11.8 Å². The minimum absolute atomic E-state index is 0.140. The number of hydrogen-bond donors (Lipinski definition) is 2. The summed E-state index contributed by atoms with van der Waals surface area (Å²) in [6, 6.07) is 24.2. The Hall–Kier alpha value is -3.40. The molecule has 1 fully saturated rings. The highest BCUT2D eigenvalue weighted by Crippen LogP contribution is 2.34. The fourth-order valence-electron chi connectivity index (χ4n) is 4.73. The van der Waals surface area contributed by atoms with Gasteiger partial charge in [-0.15, -0.1) is 0 Å². The number of rotatable bonds is 8. The Morgan fingerprint density at radius 3 is 1.69 bits per heavy atom. The lowest BCUT2D eigenvalue weighted by Crippen LogP contribution is -2.66. The van der Waals surface area contributed by atoms with E-state index < -0.39 is 49.1 Å². The van der Waals surface area contributed by atoms with E-state index in [1.54, 1.807) is 24.3 Å². The number of carbonyl (C=O) groups excluding carboxylic acids is 2. The molecule has 0 bridgehead atoms. The second-order valence-corrected chi connectivity index (χ2v) is 8.79. The van der Waals surface area contributed by atoms with Gasteiger partial charge in [-0.25, -0.2) is 0 Å². The van der Waals surface area contributed by atoms with Gasteiger partial charge in [-0.1, -0.05) is 72.8 Å². The lowest BCUT2D eigenvalue weighted by atomic mass is 9.94. The Morgan fingerprint density at radius 2 is 1.19 bits per heavy atom. The summed E-state index contributed by atoms with van der Waals surface area (Å²) in [5.74, 6) is -1.08. The number of aliphatic hydroxyl groups is 2. The molecule has 0 spiro atoms. The summed E-state index contributed by atoms with van der Waals surface area (Å²) < 4.78 is 18.2. The summed E-state index contributed by atoms with van der Waals surface area (Å²) in [5, 5.41) is 21.1. The van der Waals surface area contributed by atoms with Crippen LogP contribution in [0, 0.1) is 0 Å². The lowest BCUT2D eigenvalue weighted by Gasteiger charge is -2.46. The van der Waals surface area contributed by atoms with Crippen LogP contribution in [0.2, 0.25) is 0 Å². The van der Waals surface area contributed by atoms with Crippen LogP contribution in [0.4, 0.5) is 0 Å². The van der Waals surface area contributed by atoms with E-state index in [-0.39, 0.29) is 24.3 Å². The van der Waals surface area contributed by atoms with Gasteiger partial charge in [0, 0.05) is 0 Å². The van der Waals surface area contributed by atoms with Crippen molar-refractivity contribution in [1.29, 1.82) is 0 Å². The van der Waals surface area contributed by atoms with Crippen molar-refractivity contribution < 1.29 is 34.0 Å². The summed E-state index contributed by atoms with van der Waals surface area (Å²) in [5.41, 5.74) is 2.26. The molecule has 2 aliphatic heterocycles. The minimum Gasteiger partial charge on any atom is -0.394 e. The smallest absolute Gasteiger partial charge is 0.262 e. The molecule has 0 unspecified atom stereocenters. The zero-order valence-corrected chi connectivity index (χ0v) is 19.5. The van der Waals surface area contributed by atoms with Gasteiger partial charge in [0.15, 0.2) is 6.29 Å². The SMILES string of the molecule is O=C1c2ccccc2C(=O)N1[C@@H]1[C@@H](OCc2ccccc2)[C@H](OCc2ccccc2)[C@@H](CO)O[C@H]1O. The predicted octanol–water partition coefficient (Wildman–Crippen LogP) is 2.53. The molecule has 36 heavy (non-hydrogen) atoms. The van der Waals surface area contributed by atoms with Crippen LogP contribution < -0.4 is 0 Å². The van der Waals surface area contributed by atoms with Crippen LogP contribution >= 0.6 is 0 Å². The average molecular weight is 490 g/mol. The van der Waals surface area contributed by atoms with Crippen LogP contribution in [0.15, 0.2) is 84.9 Å². The Balaban J connectivity index is 1.48. The monoisotopic (exact) mass is 489 g/mol. The summed E-state index contributed by atoms with van der Waals surface area (Å²) >= 11 is 0. The minimum atomic E-state index is -1.58. The lowest BCUT2D eigenvalue weighted by molar-refractivity contribution is -0.283. The second kappa shape index (κ2) is 10.7. The molecule has 186 valence electrons. The normalized spacial score (nSPS) is 25.7. The summed E-state index contributed by atoms with van der Waals surface area (Å²) in [6.07, 6.45) is -4.37. The van der Waals surface area contributed by atoms with Gasteiger partial charge >= 0.3 is 0 Å². The molecule has 2 aliphatic rings. The summed E-state index contributed by atoms with van der Waals surface area (Å²) in [7, 11) is 0. The standard InChI is InChI=1S/C28H27NO7/c30-15-22-24(34-16-18-9-3-1-4-10-18)25(35-17-19-11-5-2-6-12-19)23(28(33)36-22)29-26(31)20-13-7-8-14-21(20)27(29)32/h1-14,22-25,28,30,33H,15-17H2/t22-,23-,24-,25-,28-/m1/s1. The van der Waals surface area contributed by atoms with Crippen LogP contribution in [0.1, 0.15) is 31.8 Å². The molecule has 8 nitrogen and oxygen atoms in total. The molecule has 2 heterocycles. The van der Waals surface area contributed by atoms with E-state index in [9.17, 15) is 19.8 Å². The van der Waals surface area contributed by atoms with Crippen molar-refractivity contribution in [3.63, 3.8) is 0 Å². The Kier molecular flexibility index (Phi) is 7.22. The summed E-state index contributed by atoms with van der Waals surface area (Å²) in [4.78, 5) is 27.6. The molecule has 0 saturated carbocycles. The van der Waals surface area contributed by atoms with Gasteiger partial charge in [-0.2, -0.15) is 0 Å². The van der Waals surface area contributed by atoms with Crippen molar-refractivity contribution in [1.82, 2.24) is 4.90 Å². The van der Waals surface area contributed by atoms with E-state index in [1.807, 2.05) is 60.7 Å². The summed E-state index contributed by atoms with van der Waals surface area (Å²) in [6.45, 7) is -0.126. The third-order valence-electron chi connectivity index (χ3n) is 6.51. The molecular formula is C28H27NO7. The number of fused-ring (bicyclic) bond motifs is 1. The number of benzene rings is 3. The van der Waals surface area contributed by atoms with Crippen molar-refractivity contribution in [2.24, 2.45) is 0 Å². The largest absolute Gasteiger partial charge is 0.394 e. The van der Waals surface area contributed by atoms with Crippen LogP contribution in [0.25, 0.3) is 0 Å². The van der Waals surface area contributed by atoms with E-state index in [0.29, 0.717) is 0 Å². The van der Waals surface area contributed by atoms with Crippen LogP contribution in [-0.4, -0.2) is 64.2 Å². The average Bonchev–Trinajstić information content (AvgIpc) is 3.17. The quantitative estimate of drug-likeness (QED) is 0.469. The van der Waals surface area contributed by atoms with Crippen molar-refractivity contribution in [3.8, 4) is 0 Å². The zero-order valence-electron chi connectivity index (χ0n) is 19.5. The highest BCUT2D eigenvalue weighted by molar-refractivity contribution is 6.21. The number of amides is 2. The zero-order chi connectivity index (χ0) is 25.1. The Labute approximate surface area is 208 Å². The van der Waals surface area contributed by atoms with Crippen molar-refractivity contribution in [2.45, 2.75) is 43.9 Å². The third-order valence-corrected chi connectivity index (χ3v) is 6.51. The maximum absolute atomic E-state index is 13.3. The molecule has 2 N–H and O–H groups in total. The van der Waals surface area contributed by atoms with E-state index in [4.69, 9.17) is 14.2 Å². The number of carbonyl (C=O) groups is 2. The molecule has 3 aromatic carbocycles. The fraction of sp³-hybridized carbons (Fsp3) is 0.286. The molecule has 0 aromatic heterocycles. The number of aliphatic hydroxyl groups excluding tert-OH is 2. The first kappa shape index (κ1) is 24.3. The van der Waals surface area contributed by atoms with Gasteiger partial charge in [-0.05, 0) is 23.3 Å². The van der Waals surface area contributed by atoms with Gasteiger partial charge in [0.05, 0.1) is 30.9 Å². The first-order valence-electron chi connectivity index (χ1n) is 11.8. The van der Waals surface area contributed by atoms with Gasteiger partial charge in [0.2, 0.25) is 0 Å². The number of hydrogen-bond acceptors (Lipinski definition) is 7. The Morgan fingerprint density at radius 1 is 0.722 bits per heavy atom. The van der Waals surface area contributed by atoms with Crippen LogP contribution in [0.5, 0.6) is 0 Å². The molecule has 3 aromatic rings. The van der Waals surface area contributed by atoms with E-state index in [0.717, 1.165) is 16.0 Å². The first-order valence-corrected chi connectivity index (χ1v) is 11.8. The fourth-order valence-corrected chi connectivity index (χ4v) is 4.73. The van der Waals surface area contributed by atoms with E-state index in [2.05, 4.69) is 0 Å². The van der Waals surface area contributed by atoms with Gasteiger partial charge in [0.1, 0.15) is 24.4 Å². The van der Waals surface area contributed by atoms with E-state index >= 15 is 0 Å². The van der Waals surface area contributed by atoms with E-state index in [1.165, 1.54) is 0 Å². The third kappa shape index (κ3) is 4.69. The van der Waals surface area contributed by atoms with Gasteiger partial charge in [-0.3, -0.25) is 14.5 Å².